The fraction of sp³-hybridized carbons (Fsp3) is 0.304. The first-order valence-corrected chi connectivity index (χ1v) is 9.81. The van der Waals surface area contributed by atoms with Gasteiger partial charge in [-0.2, -0.15) is 0 Å². The predicted octanol–water partition coefficient (Wildman–Crippen LogP) is 3.39. The van der Waals surface area contributed by atoms with Crippen molar-refractivity contribution < 1.29 is 18.7 Å². The normalized spacial score (nSPS) is 16.4. The first-order chi connectivity index (χ1) is 14.0. The second-order valence-corrected chi connectivity index (χ2v) is 7.44. The van der Waals surface area contributed by atoms with E-state index < -0.39 is 0 Å². The minimum atomic E-state index is -0.388. The fourth-order valence-electron chi connectivity index (χ4n) is 3.84. The van der Waals surface area contributed by atoms with Gasteiger partial charge in [-0.25, -0.2) is 4.39 Å². The molecule has 0 aliphatic carbocycles. The molecule has 0 aromatic heterocycles. The molecule has 29 heavy (non-hydrogen) atoms. The van der Waals surface area contributed by atoms with Crippen LogP contribution in [0.5, 0.6) is 0 Å². The zero-order valence-electron chi connectivity index (χ0n) is 16.5. The van der Waals surface area contributed by atoms with Gasteiger partial charge in [0.05, 0.1) is 24.8 Å². The van der Waals surface area contributed by atoms with Crippen molar-refractivity contribution in [3.63, 3.8) is 0 Å². The summed E-state index contributed by atoms with van der Waals surface area (Å²) in [6, 6.07) is 13.6. The Kier molecular flexibility index (Phi) is 5.20. The fourth-order valence-corrected chi connectivity index (χ4v) is 3.84. The molecular weight excluding hydrogens is 371 g/mol. The topological polar surface area (TPSA) is 49.9 Å². The van der Waals surface area contributed by atoms with E-state index in [0.717, 1.165) is 17.7 Å². The van der Waals surface area contributed by atoms with Crippen LogP contribution in [0.4, 0.5) is 10.1 Å². The summed E-state index contributed by atoms with van der Waals surface area (Å²) in [6.07, 6.45) is 0.811. The molecule has 0 saturated carbocycles. The Morgan fingerprint density at radius 3 is 2.48 bits per heavy atom. The smallest absolute Gasteiger partial charge is 0.278 e. The summed E-state index contributed by atoms with van der Waals surface area (Å²) < 4.78 is 19.0. The number of ether oxygens (including phenoxy) is 1. The second-order valence-electron chi connectivity index (χ2n) is 7.44. The molecule has 0 N–H and O–H groups in total. The Bertz CT molecular complexity index is 982. The van der Waals surface area contributed by atoms with Crippen molar-refractivity contribution in [2.45, 2.75) is 26.4 Å². The van der Waals surface area contributed by atoms with Gasteiger partial charge in [-0.05, 0) is 49.6 Å². The summed E-state index contributed by atoms with van der Waals surface area (Å²) in [5.74, 6) is -1.09. The molecule has 0 radical (unpaired) electrons. The van der Waals surface area contributed by atoms with E-state index in [2.05, 4.69) is 0 Å². The van der Waals surface area contributed by atoms with Crippen molar-refractivity contribution >= 4 is 23.1 Å². The van der Waals surface area contributed by atoms with Crippen molar-refractivity contribution in [2.75, 3.05) is 24.6 Å². The van der Waals surface area contributed by atoms with Crippen LogP contribution in [0, 0.1) is 5.82 Å². The van der Waals surface area contributed by atoms with Gasteiger partial charge in [0.15, 0.2) is 0 Å². The molecule has 2 amide bonds. The Hall–Kier alpha value is -2.99. The standard InChI is InChI=1S/C23H23FN2O3/c1-15(2)29-14-13-26-22(27)20(17-7-9-18(24)10-8-17)21(23(26)28)25-12-11-16-5-3-4-6-19(16)25/h3-10,15H,11-14H2,1-2H3. The summed E-state index contributed by atoms with van der Waals surface area (Å²) >= 11 is 0. The Morgan fingerprint density at radius 1 is 1.03 bits per heavy atom. The van der Waals surface area contributed by atoms with E-state index in [1.165, 1.54) is 17.0 Å². The first-order valence-electron chi connectivity index (χ1n) is 9.81. The molecule has 150 valence electrons. The Balaban J connectivity index is 1.75. The quantitative estimate of drug-likeness (QED) is 0.705. The highest BCUT2D eigenvalue weighted by molar-refractivity contribution is 6.36. The third-order valence-corrected chi connectivity index (χ3v) is 5.20. The second kappa shape index (κ2) is 7.79. The van der Waals surface area contributed by atoms with E-state index in [1.54, 1.807) is 12.1 Å². The monoisotopic (exact) mass is 394 g/mol. The number of para-hydroxylation sites is 1. The van der Waals surface area contributed by atoms with Gasteiger partial charge >= 0.3 is 0 Å². The van der Waals surface area contributed by atoms with Crippen molar-refractivity contribution in [1.29, 1.82) is 0 Å². The maximum Gasteiger partial charge on any atom is 0.278 e. The van der Waals surface area contributed by atoms with E-state index in [1.807, 2.05) is 43.0 Å². The third-order valence-electron chi connectivity index (χ3n) is 5.20. The number of fused-ring (bicyclic) bond motifs is 1. The zero-order valence-corrected chi connectivity index (χ0v) is 16.5. The van der Waals surface area contributed by atoms with Gasteiger partial charge in [-0.3, -0.25) is 14.5 Å². The van der Waals surface area contributed by atoms with E-state index in [4.69, 9.17) is 4.74 Å². The predicted molar refractivity (Wildman–Crippen MR) is 109 cm³/mol. The van der Waals surface area contributed by atoms with Gasteiger partial charge in [0, 0.05) is 12.2 Å². The van der Waals surface area contributed by atoms with Crippen molar-refractivity contribution in [2.24, 2.45) is 0 Å². The Labute approximate surface area is 169 Å². The van der Waals surface area contributed by atoms with E-state index in [-0.39, 0.29) is 36.9 Å². The van der Waals surface area contributed by atoms with E-state index >= 15 is 0 Å². The molecule has 2 aromatic rings. The van der Waals surface area contributed by atoms with Crippen LogP contribution < -0.4 is 4.90 Å². The minimum Gasteiger partial charge on any atom is -0.377 e. The third kappa shape index (κ3) is 3.56. The van der Waals surface area contributed by atoms with Crippen LogP contribution in [-0.2, 0) is 20.7 Å². The number of carbonyl (C=O) groups is 2. The largest absolute Gasteiger partial charge is 0.377 e. The molecule has 0 spiro atoms. The molecule has 0 atom stereocenters. The van der Waals surface area contributed by atoms with Gasteiger partial charge in [0.25, 0.3) is 11.8 Å². The lowest BCUT2D eigenvalue weighted by Gasteiger charge is -2.22. The van der Waals surface area contributed by atoms with Crippen molar-refractivity contribution in [1.82, 2.24) is 4.90 Å². The minimum absolute atomic E-state index is 0.0114. The van der Waals surface area contributed by atoms with Crippen LogP contribution in [0.3, 0.4) is 0 Å². The van der Waals surface area contributed by atoms with Crippen molar-refractivity contribution in [3.8, 4) is 0 Å². The number of benzene rings is 2. The van der Waals surface area contributed by atoms with Crippen LogP contribution >= 0.6 is 0 Å². The lowest BCUT2D eigenvalue weighted by atomic mass is 10.0. The highest BCUT2D eigenvalue weighted by atomic mass is 19.1. The van der Waals surface area contributed by atoms with Gasteiger partial charge in [0.2, 0.25) is 0 Å². The van der Waals surface area contributed by atoms with Crippen LogP contribution in [0.1, 0.15) is 25.0 Å². The molecule has 4 rings (SSSR count). The van der Waals surface area contributed by atoms with E-state index in [9.17, 15) is 14.0 Å². The highest BCUT2D eigenvalue weighted by Gasteiger charge is 2.43. The van der Waals surface area contributed by atoms with Crippen LogP contribution in [0.25, 0.3) is 5.57 Å². The maximum atomic E-state index is 13.5. The zero-order chi connectivity index (χ0) is 20.5. The summed E-state index contributed by atoms with van der Waals surface area (Å²) in [6.45, 7) is 4.88. The molecule has 5 nitrogen and oxygen atoms in total. The van der Waals surface area contributed by atoms with Gasteiger partial charge in [-0.15, -0.1) is 0 Å². The molecule has 2 aliphatic rings. The highest BCUT2D eigenvalue weighted by Crippen LogP contribution is 2.38. The summed E-state index contributed by atoms with van der Waals surface area (Å²) in [4.78, 5) is 29.7. The number of anilines is 1. The number of rotatable bonds is 6. The number of amides is 2. The van der Waals surface area contributed by atoms with Gasteiger partial charge < -0.3 is 9.64 Å². The Morgan fingerprint density at radius 2 is 1.76 bits per heavy atom. The molecule has 2 heterocycles. The number of nitrogens with zero attached hydrogens (tertiary/aromatic N) is 2. The average Bonchev–Trinajstić information content (AvgIpc) is 3.22. The lowest BCUT2D eigenvalue weighted by molar-refractivity contribution is -0.138. The molecule has 0 unspecified atom stereocenters. The maximum absolute atomic E-state index is 13.5. The van der Waals surface area contributed by atoms with Crippen LogP contribution in [0.2, 0.25) is 0 Å². The van der Waals surface area contributed by atoms with Gasteiger partial charge in [-0.1, -0.05) is 30.3 Å². The van der Waals surface area contributed by atoms with Crippen LogP contribution in [-0.4, -0.2) is 42.5 Å². The van der Waals surface area contributed by atoms with Crippen molar-refractivity contribution in [3.05, 3.63) is 71.2 Å². The molecule has 6 heteroatoms. The summed E-state index contributed by atoms with van der Waals surface area (Å²) in [5.41, 5.74) is 3.28. The molecule has 0 bridgehead atoms. The number of halogens is 1. The first kappa shape index (κ1) is 19.3. The number of imide groups is 1. The SMILES string of the molecule is CC(C)OCCN1C(=O)C(c2ccc(F)cc2)=C(N2CCc3ccccc32)C1=O. The summed E-state index contributed by atoms with van der Waals surface area (Å²) in [5, 5.41) is 0. The number of hydrogen-bond acceptors (Lipinski definition) is 4. The number of carbonyl (C=O) groups excluding carboxylic acids is 2. The number of hydrogen-bond donors (Lipinski definition) is 0. The van der Waals surface area contributed by atoms with Gasteiger partial charge in [0.1, 0.15) is 11.5 Å². The van der Waals surface area contributed by atoms with Crippen LogP contribution in [0.15, 0.2) is 54.2 Å². The molecular formula is C23H23FN2O3. The lowest BCUT2D eigenvalue weighted by Crippen LogP contribution is -2.37. The molecule has 0 saturated heterocycles. The molecule has 0 fully saturated rings. The summed E-state index contributed by atoms with van der Waals surface area (Å²) in [7, 11) is 0. The average molecular weight is 394 g/mol. The molecule has 2 aromatic carbocycles. The molecule has 2 aliphatic heterocycles. The van der Waals surface area contributed by atoms with E-state index in [0.29, 0.717) is 23.4 Å².